The molecule has 0 bridgehead atoms. The molecule has 2 fully saturated rings. The average molecular weight is 550 g/mol. The van der Waals surface area contributed by atoms with E-state index in [1.165, 1.54) is 11.8 Å². The smallest absolute Gasteiger partial charge is 0.268 e. The van der Waals surface area contributed by atoms with Crippen LogP contribution in [0.1, 0.15) is 42.6 Å². The van der Waals surface area contributed by atoms with Gasteiger partial charge in [0.25, 0.3) is 5.91 Å². The van der Waals surface area contributed by atoms with Crippen molar-refractivity contribution in [2.45, 2.75) is 56.3 Å². The highest BCUT2D eigenvalue weighted by Gasteiger charge is 2.38. The average Bonchev–Trinajstić information content (AvgIpc) is 3.57. The first-order valence-electron chi connectivity index (χ1n) is 12.2. The van der Waals surface area contributed by atoms with Crippen molar-refractivity contribution in [2.24, 2.45) is 7.05 Å². The third-order valence-corrected chi connectivity index (χ3v) is 7.27. The Morgan fingerprint density at radius 2 is 1.45 bits per heavy atom. The number of nitrogens with zero attached hydrogens (tertiary/aromatic N) is 3. The van der Waals surface area contributed by atoms with Crippen LogP contribution >= 0.6 is 11.8 Å². The highest BCUT2D eigenvalue weighted by molar-refractivity contribution is 7.99. The predicted molar refractivity (Wildman–Crippen MR) is 131 cm³/mol. The van der Waals surface area contributed by atoms with Gasteiger partial charge in [0.05, 0.1) is 29.8 Å². The predicted octanol–water partition coefficient (Wildman–Crippen LogP) is -3.16. The molecule has 1 aromatic rings. The Morgan fingerprint density at radius 3 is 1.89 bits per heavy atom. The highest BCUT2D eigenvalue weighted by atomic mass is 32.2. The SMILES string of the molecule is CSCC(=O)N[C@H]1C[C@@H](C(=O)[O-])N(C(=O)CCCC(=O)N2C[C@@H](NC(=O)c3cccn3C)C[C@H]2C(=O)[O-])C1. The van der Waals surface area contributed by atoms with Crippen molar-refractivity contribution in [1.82, 2.24) is 25.0 Å². The minimum atomic E-state index is -1.44. The molecule has 0 aliphatic carbocycles. The van der Waals surface area contributed by atoms with Gasteiger partial charge >= 0.3 is 0 Å². The normalized spacial score (nSPS) is 22.8. The van der Waals surface area contributed by atoms with Gasteiger partial charge in [0, 0.05) is 51.3 Å². The van der Waals surface area contributed by atoms with E-state index >= 15 is 0 Å². The Morgan fingerprint density at radius 1 is 0.921 bits per heavy atom. The van der Waals surface area contributed by atoms with E-state index < -0.39 is 53.8 Å². The maximum atomic E-state index is 12.8. The maximum Gasteiger partial charge on any atom is 0.268 e. The molecule has 38 heavy (non-hydrogen) atoms. The summed E-state index contributed by atoms with van der Waals surface area (Å²) in [7, 11) is 1.70. The van der Waals surface area contributed by atoms with Gasteiger partial charge < -0.3 is 44.8 Å². The van der Waals surface area contributed by atoms with Crippen LogP contribution in [0.25, 0.3) is 0 Å². The Balaban J connectivity index is 1.52. The van der Waals surface area contributed by atoms with E-state index in [1.54, 1.807) is 36.2 Å². The van der Waals surface area contributed by atoms with Gasteiger partial charge in [-0.2, -0.15) is 11.8 Å². The molecular formula is C24H31N5O8S-2. The number of carbonyl (C=O) groups excluding carboxylic acids is 6. The molecule has 0 aromatic carbocycles. The molecule has 2 saturated heterocycles. The molecule has 3 rings (SSSR count). The van der Waals surface area contributed by atoms with Crippen molar-refractivity contribution >= 4 is 47.3 Å². The van der Waals surface area contributed by atoms with E-state index in [4.69, 9.17) is 0 Å². The van der Waals surface area contributed by atoms with Gasteiger partial charge in [0.2, 0.25) is 17.7 Å². The summed E-state index contributed by atoms with van der Waals surface area (Å²) < 4.78 is 1.62. The molecule has 3 heterocycles. The summed E-state index contributed by atoms with van der Waals surface area (Å²) in [6.45, 7) is 0.00481. The molecule has 2 aliphatic rings. The summed E-state index contributed by atoms with van der Waals surface area (Å²) in [5, 5.41) is 28.7. The van der Waals surface area contributed by atoms with Crippen LogP contribution in [-0.2, 0) is 31.0 Å². The van der Waals surface area contributed by atoms with Crippen molar-refractivity contribution in [3.05, 3.63) is 24.0 Å². The Labute approximate surface area is 223 Å². The van der Waals surface area contributed by atoms with Gasteiger partial charge in [-0.3, -0.25) is 19.2 Å². The van der Waals surface area contributed by atoms with Gasteiger partial charge in [0.15, 0.2) is 0 Å². The summed E-state index contributed by atoms with van der Waals surface area (Å²) in [4.78, 5) is 75.4. The molecule has 0 spiro atoms. The number of carbonyl (C=O) groups is 6. The second-order valence-corrected chi connectivity index (χ2v) is 10.3. The van der Waals surface area contributed by atoms with Crippen LogP contribution in [0.2, 0.25) is 0 Å². The molecule has 1 aromatic heterocycles. The lowest BCUT2D eigenvalue weighted by Gasteiger charge is -2.26. The Bertz CT molecular complexity index is 1090. The molecule has 2 N–H and O–H groups in total. The third-order valence-electron chi connectivity index (χ3n) is 6.72. The van der Waals surface area contributed by atoms with Crippen molar-refractivity contribution in [3.8, 4) is 0 Å². The van der Waals surface area contributed by atoms with Gasteiger partial charge in [-0.1, -0.05) is 0 Å². The van der Waals surface area contributed by atoms with Gasteiger partial charge in [-0.15, -0.1) is 0 Å². The Kier molecular flexibility index (Phi) is 9.78. The van der Waals surface area contributed by atoms with Gasteiger partial charge in [-0.05, 0) is 37.7 Å². The number of carboxylic acid groups (broad SMARTS) is 2. The molecule has 0 unspecified atom stereocenters. The standard InChI is InChI=1S/C24H33N5O8S/c1-27-8-4-5-16(27)22(33)26-15-10-18(24(36)37)29(12-15)21(32)7-3-6-20(31)28-11-14(9-17(28)23(34)35)25-19(30)13-38-2/h4-5,8,14-15,17-18H,3,6-7,9-13H2,1-2H3,(H,25,30)(H,26,33)(H,34,35)(H,36,37)/p-2/t14-,15-,17-,18-/m0/s1. The van der Waals surface area contributed by atoms with Gasteiger partial charge in [-0.25, -0.2) is 0 Å². The van der Waals surface area contributed by atoms with E-state index in [0.29, 0.717) is 5.69 Å². The fourth-order valence-electron chi connectivity index (χ4n) is 4.91. The molecule has 2 aliphatic heterocycles. The summed E-state index contributed by atoms with van der Waals surface area (Å²) in [5.74, 6) is -4.31. The molecule has 4 atom stereocenters. The minimum Gasteiger partial charge on any atom is -0.548 e. The minimum absolute atomic E-state index is 0.00607. The molecule has 14 heteroatoms. The Hall–Kier alpha value is -3.55. The van der Waals surface area contributed by atoms with Crippen LogP contribution in [0.5, 0.6) is 0 Å². The number of hydrogen-bond acceptors (Lipinski definition) is 9. The van der Waals surface area contributed by atoms with E-state index in [2.05, 4.69) is 10.6 Å². The summed E-state index contributed by atoms with van der Waals surface area (Å²) >= 11 is 1.32. The largest absolute Gasteiger partial charge is 0.548 e. The molecule has 0 saturated carbocycles. The van der Waals surface area contributed by atoms with Crippen LogP contribution < -0.4 is 20.8 Å². The maximum absolute atomic E-state index is 12.8. The zero-order valence-electron chi connectivity index (χ0n) is 21.2. The van der Waals surface area contributed by atoms with Crippen LogP contribution in [-0.4, -0.2) is 99.2 Å². The zero-order valence-corrected chi connectivity index (χ0v) is 22.0. The number of rotatable bonds is 11. The van der Waals surface area contributed by atoms with E-state index in [-0.39, 0.29) is 56.9 Å². The van der Waals surface area contributed by atoms with E-state index in [0.717, 1.165) is 9.80 Å². The monoisotopic (exact) mass is 549 g/mol. The quantitative estimate of drug-likeness (QED) is 0.288. The number of amides is 4. The van der Waals surface area contributed by atoms with Crippen LogP contribution in [0.4, 0.5) is 0 Å². The number of aliphatic carboxylic acids is 2. The second-order valence-electron chi connectivity index (χ2n) is 9.46. The number of aromatic nitrogens is 1. The van der Waals surface area contributed by atoms with E-state index in [1.807, 2.05) is 0 Å². The first-order valence-corrected chi connectivity index (χ1v) is 13.6. The number of hydrogen-bond donors (Lipinski definition) is 2. The summed E-state index contributed by atoms with van der Waals surface area (Å²) in [5.41, 5.74) is 0.390. The van der Waals surface area contributed by atoms with Crippen molar-refractivity contribution in [2.75, 3.05) is 25.1 Å². The first kappa shape index (κ1) is 29.0. The first-order chi connectivity index (χ1) is 18.0. The number of aryl methyl sites for hydroxylation is 1. The topological polar surface area (TPSA) is 184 Å². The number of nitrogens with one attached hydrogen (secondary N) is 2. The summed E-state index contributed by atoms with van der Waals surface area (Å²) in [6.07, 6.45) is 3.26. The van der Waals surface area contributed by atoms with Crippen molar-refractivity contribution in [1.29, 1.82) is 0 Å². The lowest BCUT2D eigenvalue weighted by molar-refractivity contribution is -0.311. The lowest BCUT2D eigenvalue weighted by atomic mass is 10.1. The van der Waals surface area contributed by atoms with Crippen molar-refractivity contribution < 1.29 is 39.0 Å². The molecule has 208 valence electrons. The zero-order chi connectivity index (χ0) is 28.0. The van der Waals surface area contributed by atoms with Crippen LogP contribution in [0.15, 0.2) is 18.3 Å². The van der Waals surface area contributed by atoms with Gasteiger partial charge in [0.1, 0.15) is 5.69 Å². The molecule has 13 nitrogen and oxygen atoms in total. The van der Waals surface area contributed by atoms with Crippen LogP contribution in [0.3, 0.4) is 0 Å². The van der Waals surface area contributed by atoms with Crippen LogP contribution in [0, 0.1) is 0 Å². The fraction of sp³-hybridized carbons (Fsp3) is 0.583. The number of likely N-dealkylation sites (tertiary alicyclic amines) is 2. The van der Waals surface area contributed by atoms with Crippen molar-refractivity contribution in [3.63, 3.8) is 0 Å². The highest BCUT2D eigenvalue weighted by Crippen LogP contribution is 2.22. The molecule has 0 radical (unpaired) electrons. The summed E-state index contributed by atoms with van der Waals surface area (Å²) in [6, 6.07) is -0.191. The second kappa shape index (κ2) is 12.8. The number of thioether (sulfide) groups is 1. The van der Waals surface area contributed by atoms with E-state index in [9.17, 15) is 39.0 Å². The molecule has 4 amide bonds. The number of carboxylic acids is 2. The lowest BCUT2D eigenvalue weighted by Crippen LogP contribution is -2.47. The fourth-order valence-corrected chi connectivity index (χ4v) is 5.26. The third kappa shape index (κ3) is 7.05. The molecular weight excluding hydrogens is 518 g/mol.